The number of hydrogen-bond acceptors (Lipinski definition) is 3. The average Bonchev–Trinajstić information content (AvgIpc) is 2.56. The first-order valence-electron chi connectivity index (χ1n) is 4.40. The van der Waals surface area contributed by atoms with E-state index in [1.807, 2.05) is 0 Å². The Morgan fingerprint density at radius 2 is 2.27 bits per heavy atom. The van der Waals surface area contributed by atoms with Gasteiger partial charge in [0.2, 0.25) is 0 Å². The molecule has 5 nitrogen and oxygen atoms in total. The number of aromatic amines is 1. The number of nitrogens with zero attached hydrogens (tertiary/aromatic N) is 1. The third kappa shape index (κ3) is 1.41. The summed E-state index contributed by atoms with van der Waals surface area (Å²) in [6, 6.07) is 3.10. The lowest BCUT2D eigenvalue weighted by atomic mass is 10.2. The molecule has 0 aliphatic carbocycles. The quantitative estimate of drug-likeness (QED) is 0.782. The van der Waals surface area contributed by atoms with Gasteiger partial charge in [0, 0.05) is 0 Å². The molecule has 2 N–H and O–H groups in total. The van der Waals surface area contributed by atoms with Crippen molar-refractivity contribution in [3.8, 4) is 5.75 Å². The van der Waals surface area contributed by atoms with Crippen molar-refractivity contribution in [1.82, 2.24) is 9.97 Å². The predicted molar refractivity (Wildman–Crippen MR) is 54.3 cm³/mol. The molecule has 1 heterocycles. The lowest BCUT2D eigenvalue weighted by molar-refractivity contribution is 0.0699. The molecular formula is C10H10N2O3. The standard InChI is InChI=1S/C10H10N2O3/c1-5-11-8-6(10(13)14)3-4-7(15-2)9(8)12-5/h3-4H,1-2H3,(H,11,12)(H,13,14). The minimum atomic E-state index is -0.992. The summed E-state index contributed by atoms with van der Waals surface area (Å²) < 4.78 is 5.11. The number of rotatable bonds is 2. The third-order valence-electron chi connectivity index (χ3n) is 2.18. The third-order valence-corrected chi connectivity index (χ3v) is 2.18. The molecule has 0 radical (unpaired) electrons. The molecule has 0 unspecified atom stereocenters. The maximum Gasteiger partial charge on any atom is 0.337 e. The second-order valence-corrected chi connectivity index (χ2v) is 3.17. The van der Waals surface area contributed by atoms with Gasteiger partial charge in [-0.15, -0.1) is 0 Å². The Bertz CT molecular complexity index is 531. The van der Waals surface area contributed by atoms with Gasteiger partial charge in [-0.05, 0) is 19.1 Å². The van der Waals surface area contributed by atoms with E-state index in [1.165, 1.54) is 13.2 Å². The van der Waals surface area contributed by atoms with E-state index in [4.69, 9.17) is 9.84 Å². The van der Waals surface area contributed by atoms with Crippen molar-refractivity contribution in [2.24, 2.45) is 0 Å². The molecule has 0 spiro atoms. The van der Waals surface area contributed by atoms with Gasteiger partial charge in [0.15, 0.2) is 0 Å². The summed E-state index contributed by atoms with van der Waals surface area (Å²) in [5.74, 6) is 0.266. The topological polar surface area (TPSA) is 75.2 Å². The summed E-state index contributed by atoms with van der Waals surface area (Å²) in [7, 11) is 1.53. The zero-order valence-electron chi connectivity index (χ0n) is 8.37. The molecule has 5 heteroatoms. The van der Waals surface area contributed by atoms with Gasteiger partial charge in [0.05, 0.1) is 12.7 Å². The molecule has 78 valence electrons. The molecule has 0 saturated carbocycles. The SMILES string of the molecule is COc1ccc(C(=O)O)c2nc(C)[nH]c12. The number of carboxylic acids is 1. The Kier molecular flexibility index (Phi) is 2.07. The molecule has 0 bridgehead atoms. The Morgan fingerprint density at radius 1 is 1.53 bits per heavy atom. The fourth-order valence-corrected chi connectivity index (χ4v) is 1.53. The summed E-state index contributed by atoms with van der Waals surface area (Å²) in [6.07, 6.45) is 0. The van der Waals surface area contributed by atoms with E-state index in [-0.39, 0.29) is 5.56 Å². The number of aryl methyl sites for hydroxylation is 1. The summed E-state index contributed by atoms with van der Waals surface area (Å²) in [5.41, 5.74) is 1.23. The highest BCUT2D eigenvalue weighted by Crippen LogP contribution is 2.26. The van der Waals surface area contributed by atoms with Crippen molar-refractivity contribution in [3.05, 3.63) is 23.5 Å². The van der Waals surface area contributed by atoms with E-state index in [0.717, 1.165) is 0 Å². The van der Waals surface area contributed by atoms with E-state index in [1.54, 1.807) is 13.0 Å². The lowest BCUT2D eigenvalue weighted by Gasteiger charge is -2.02. The zero-order valence-corrected chi connectivity index (χ0v) is 8.37. The van der Waals surface area contributed by atoms with Crippen LogP contribution in [0, 0.1) is 6.92 Å². The molecule has 15 heavy (non-hydrogen) atoms. The summed E-state index contributed by atoms with van der Waals surface area (Å²) in [4.78, 5) is 18.0. The minimum Gasteiger partial charge on any atom is -0.494 e. The number of H-pyrrole nitrogens is 1. The minimum absolute atomic E-state index is 0.176. The van der Waals surface area contributed by atoms with Crippen LogP contribution in [-0.4, -0.2) is 28.2 Å². The van der Waals surface area contributed by atoms with Crippen molar-refractivity contribution >= 4 is 17.0 Å². The van der Waals surface area contributed by atoms with E-state index in [0.29, 0.717) is 22.6 Å². The number of hydrogen-bond donors (Lipinski definition) is 2. The zero-order chi connectivity index (χ0) is 11.0. The normalized spacial score (nSPS) is 10.5. The second-order valence-electron chi connectivity index (χ2n) is 3.17. The molecule has 2 rings (SSSR count). The second kappa shape index (κ2) is 3.27. The predicted octanol–water partition coefficient (Wildman–Crippen LogP) is 1.58. The van der Waals surface area contributed by atoms with Crippen LogP contribution in [0.2, 0.25) is 0 Å². The van der Waals surface area contributed by atoms with Crippen LogP contribution in [0.15, 0.2) is 12.1 Å². The molecule has 2 aromatic rings. The van der Waals surface area contributed by atoms with Gasteiger partial charge >= 0.3 is 5.97 Å². The van der Waals surface area contributed by atoms with Crippen LogP contribution in [0.5, 0.6) is 5.75 Å². The van der Waals surface area contributed by atoms with Gasteiger partial charge in [-0.3, -0.25) is 0 Å². The molecule has 0 aliphatic heterocycles. The van der Waals surface area contributed by atoms with Gasteiger partial charge in [-0.2, -0.15) is 0 Å². The Morgan fingerprint density at radius 3 is 2.87 bits per heavy atom. The van der Waals surface area contributed by atoms with Gasteiger partial charge in [0.25, 0.3) is 0 Å². The number of aromatic nitrogens is 2. The first-order valence-corrected chi connectivity index (χ1v) is 4.40. The molecule has 0 saturated heterocycles. The molecule has 1 aromatic heterocycles. The molecule has 0 aliphatic rings. The highest BCUT2D eigenvalue weighted by atomic mass is 16.5. The largest absolute Gasteiger partial charge is 0.494 e. The summed E-state index contributed by atoms with van der Waals surface area (Å²) in [5, 5.41) is 8.96. The number of nitrogens with one attached hydrogen (secondary N) is 1. The van der Waals surface area contributed by atoms with Gasteiger partial charge in [0.1, 0.15) is 22.6 Å². The fraction of sp³-hybridized carbons (Fsp3) is 0.200. The monoisotopic (exact) mass is 206 g/mol. The average molecular weight is 206 g/mol. The first-order chi connectivity index (χ1) is 7.13. The van der Waals surface area contributed by atoms with Crippen molar-refractivity contribution in [2.45, 2.75) is 6.92 Å². The molecular weight excluding hydrogens is 196 g/mol. The van der Waals surface area contributed by atoms with Crippen molar-refractivity contribution in [2.75, 3.05) is 7.11 Å². The van der Waals surface area contributed by atoms with Crippen molar-refractivity contribution < 1.29 is 14.6 Å². The first kappa shape index (κ1) is 9.51. The number of carbonyl (C=O) groups is 1. The van der Waals surface area contributed by atoms with Crippen molar-refractivity contribution in [3.63, 3.8) is 0 Å². The number of imidazole rings is 1. The maximum absolute atomic E-state index is 10.9. The number of fused-ring (bicyclic) bond motifs is 1. The molecule has 1 aromatic carbocycles. The van der Waals surface area contributed by atoms with Crippen LogP contribution in [0.25, 0.3) is 11.0 Å². The van der Waals surface area contributed by atoms with Gasteiger partial charge in [-0.25, -0.2) is 9.78 Å². The molecule has 0 fully saturated rings. The van der Waals surface area contributed by atoms with E-state index in [2.05, 4.69) is 9.97 Å². The number of aromatic carboxylic acids is 1. The highest BCUT2D eigenvalue weighted by molar-refractivity contribution is 6.02. The van der Waals surface area contributed by atoms with Crippen LogP contribution in [0.3, 0.4) is 0 Å². The lowest BCUT2D eigenvalue weighted by Crippen LogP contribution is -1.98. The van der Waals surface area contributed by atoms with E-state index < -0.39 is 5.97 Å². The van der Waals surface area contributed by atoms with E-state index in [9.17, 15) is 4.79 Å². The van der Waals surface area contributed by atoms with Crippen LogP contribution in [0.1, 0.15) is 16.2 Å². The highest BCUT2D eigenvalue weighted by Gasteiger charge is 2.14. The van der Waals surface area contributed by atoms with Gasteiger partial charge in [-0.1, -0.05) is 0 Å². The number of benzene rings is 1. The van der Waals surface area contributed by atoms with Crippen molar-refractivity contribution in [1.29, 1.82) is 0 Å². The van der Waals surface area contributed by atoms with Gasteiger partial charge < -0.3 is 14.8 Å². The number of methoxy groups -OCH3 is 1. The van der Waals surface area contributed by atoms with Crippen LogP contribution >= 0.6 is 0 Å². The smallest absolute Gasteiger partial charge is 0.337 e. The molecule has 0 atom stereocenters. The van der Waals surface area contributed by atoms with Crippen LogP contribution in [-0.2, 0) is 0 Å². The number of ether oxygens (including phenoxy) is 1. The van der Waals surface area contributed by atoms with Crippen LogP contribution < -0.4 is 4.74 Å². The Balaban J connectivity index is 2.82. The fourth-order valence-electron chi connectivity index (χ4n) is 1.53. The van der Waals surface area contributed by atoms with E-state index >= 15 is 0 Å². The Labute approximate surface area is 85.7 Å². The Hall–Kier alpha value is -2.04. The maximum atomic E-state index is 10.9. The molecule has 0 amide bonds. The summed E-state index contributed by atoms with van der Waals surface area (Å²) in [6.45, 7) is 1.77. The number of carboxylic acid groups (broad SMARTS) is 1. The summed E-state index contributed by atoms with van der Waals surface area (Å²) >= 11 is 0. The van der Waals surface area contributed by atoms with Crippen LogP contribution in [0.4, 0.5) is 0 Å².